The Bertz CT molecular complexity index is 1010. The highest BCUT2D eigenvalue weighted by Crippen LogP contribution is 2.31. The Kier molecular flexibility index (Phi) is 5.02. The molecule has 2 heterocycles. The lowest BCUT2D eigenvalue weighted by atomic mass is 9.85. The second kappa shape index (κ2) is 7.92. The molecule has 2 aliphatic rings. The van der Waals surface area contributed by atoms with Gasteiger partial charge in [-0.25, -0.2) is 0 Å². The van der Waals surface area contributed by atoms with Crippen molar-refractivity contribution >= 4 is 17.3 Å². The summed E-state index contributed by atoms with van der Waals surface area (Å²) in [5.74, 6) is -0.0754. The first-order valence-electron chi connectivity index (χ1n) is 9.25. The van der Waals surface area contributed by atoms with Crippen LogP contribution in [-0.2, 0) is 4.79 Å². The maximum absolute atomic E-state index is 11.9. The van der Waals surface area contributed by atoms with Crippen molar-refractivity contribution < 1.29 is 4.79 Å². The van der Waals surface area contributed by atoms with Crippen LogP contribution in [0.1, 0.15) is 18.1 Å². The molecular formula is C24H21N3O. The van der Waals surface area contributed by atoms with Crippen LogP contribution in [0.25, 0.3) is 5.70 Å². The quantitative estimate of drug-likeness (QED) is 0.851. The molecule has 0 saturated carbocycles. The molecule has 0 saturated heterocycles. The van der Waals surface area contributed by atoms with E-state index in [0.29, 0.717) is 0 Å². The summed E-state index contributed by atoms with van der Waals surface area (Å²) in [5.41, 5.74) is 8.32. The Balaban J connectivity index is 1.86. The summed E-state index contributed by atoms with van der Waals surface area (Å²) in [7, 11) is 0. The van der Waals surface area contributed by atoms with Gasteiger partial charge >= 0.3 is 0 Å². The molecule has 0 radical (unpaired) electrons. The fourth-order valence-corrected chi connectivity index (χ4v) is 3.36. The molecule has 2 aromatic carbocycles. The molecule has 2 aromatic rings. The number of nitrogens with one attached hydrogen (secondary N) is 1. The normalized spacial score (nSPS) is 18.5. The lowest BCUT2D eigenvalue weighted by molar-refractivity contribution is -0.124. The molecule has 0 spiro atoms. The second-order valence-corrected chi connectivity index (χ2v) is 6.62. The van der Waals surface area contributed by atoms with Crippen LogP contribution in [0, 0.1) is 5.92 Å². The van der Waals surface area contributed by atoms with Crippen LogP contribution < -0.4 is 5.43 Å². The fraction of sp³-hybridized carbons (Fsp3) is 0.0833. The van der Waals surface area contributed by atoms with Crippen molar-refractivity contribution in [1.29, 1.82) is 0 Å². The lowest BCUT2D eigenvalue weighted by Gasteiger charge is -2.26. The Morgan fingerprint density at radius 3 is 2.29 bits per heavy atom. The zero-order valence-corrected chi connectivity index (χ0v) is 15.6. The van der Waals surface area contributed by atoms with Gasteiger partial charge in [0.25, 0.3) is 0 Å². The van der Waals surface area contributed by atoms with E-state index >= 15 is 0 Å². The number of allylic oxidation sites excluding steroid dienone is 5. The smallest absolute Gasteiger partial charge is 0.227 e. The van der Waals surface area contributed by atoms with Gasteiger partial charge in [-0.05, 0) is 28.9 Å². The highest BCUT2D eigenvalue weighted by molar-refractivity contribution is 6.07. The van der Waals surface area contributed by atoms with Crippen molar-refractivity contribution in [3.8, 4) is 0 Å². The Morgan fingerprint density at radius 2 is 1.61 bits per heavy atom. The van der Waals surface area contributed by atoms with E-state index < -0.39 is 0 Å². The zero-order chi connectivity index (χ0) is 19.3. The van der Waals surface area contributed by atoms with Crippen LogP contribution in [-0.4, -0.2) is 16.5 Å². The van der Waals surface area contributed by atoms with Gasteiger partial charge < -0.3 is 0 Å². The summed E-state index contributed by atoms with van der Waals surface area (Å²) in [6, 6.07) is 20.3. The standard InChI is InChI=1S/C24H21N3O/c1-18(28)27-16-9-8-14-21-22(15-17-27)24(20-12-6-3-7-13-20)26-25-23(21)19-10-4-2-5-11-19/h2-17,21,26H,1H3. The minimum atomic E-state index is -0.0399. The third-order valence-electron chi connectivity index (χ3n) is 4.78. The highest BCUT2D eigenvalue weighted by Gasteiger charge is 2.26. The van der Waals surface area contributed by atoms with Crippen LogP contribution in [0.5, 0.6) is 0 Å². The maximum atomic E-state index is 11.9. The van der Waals surface area contributed by atoms with Crippen molar-refractivity contribution in [3.05, 3.63) is 114 Å². The molecule has 2 aliphatic heterocycles. The van der Waals surface area contributed by atoms with Crippen LogP contribution >= 0.6 is 0 Å². The molecular weight excluding hydrogens is 346 g/mol. The molecule has 4 nitrogen and oxygen atoms in total. The van der Waals surface area contributed by atoms with E-state index in [-0.39, 0.29) is 11.8 Å². The van der Waals surface area contributed by atoms with Gasteiger partial charge in [0.15, 0.2) is 0 Å². The zero-order valence-electron chi connectivity index (χ0n) is 15.6. The van der Waals surface area contributed by atoms with E-state index in [9.17, 15) is 4.79 Å². The van der Waals surface area contributed by atoms with Gasteiger partial charge in [-0.1, -0.05) is 72.8 Å². The summed E-state index contributed by atoms with van der Waals surface area (Å²) in [4.78, 5) is 13.5. The van der Waals surface area contributed by atoms with Crippen LogP contribution in [0.2, 0.25) is 0 Å². The van der Waals surface area contributed by atoms with E-state index in [1.807, 2.05) is 60.8 Å². The molecule has 28 heavy (non-hydrogen) atoms. The van der Waals surface area contributed by atoms with Gasteiger partial charge in [-0.15, -0.1) is 0 Å². The molecule has 0 bridgehead atoms. The Morgan fingerprint density at radius 1 is 0.929 bits per heavy atom. The van der Waals surface area contributed by atoms with E-state index in [0.717, 1.165) is 28.1 Å². The predicted octanol–water partition coefficient (Wildman–Crippen LogP) is 4.47. The molecule has 4 rings (SSSR count). The van der Waals surface area contributed by atoms with E-state index in [1.165, 1.54) is 0 Å². The minimum absolute atomic E-state index is 0.0355. The highest BCUT2D eigenvalue weighted by atomic mass is 16.2. The molecule has 1 atom stereocenters. The minimum Gasteiger partial charge on any atom is -0.295 e. The topological polar surface area (TPSA) is 44.7 Å². The first-order valence-corrected chi connectivity index (χ1v) is 9.25. The van der Waals surface area contributed by atoms with E-state index in [2.05, 4.69) is 35.8 Å². The average molecular weight is 367 g/mol. The van der Waals surface area contributed by atoms with Gasteiger partial charge in [0, 0.05) is 25.2 Å². The maximum Gasteiger partial charge on any atom is 0.227 e. The number of hydrazone groups is 1. The number of nitrogens with zero attached hydrogens (tertiary/aromatic N) is 2. The monoisotopic (exact) mass is 367 g/mol. The average Bonchev–Trinajstić information content (AvgIpc) is 2.85. The van der Waals surface area contributed by atoms with Crippen LogP contribution in [0.4, 0.5) is 0 Å². The van der Waals surface area contributed by atoms with Crippen LogP contribution in [0.3, 0.4) is 0 Å². The number of hydrogen-bond acceptors (Lipinski definition) is 3. The summed E-state index contributed by atoms with van der Waals surface area (Å²) < 4.78 is 0. The third kappa shape index (κ3) is 3.58. The van der Waals surface area contributed by atoms with Crippen molar-refractivity contribution in [3.63, 3.8) is 0 Å². The first-order chi connectivity index (χ1) is 13.7. The van der Waals surface area contributed by atoms with Gasteiger partial charge in [0.1, 0.15) is 0 Å². The summed E-state index contributed by atoms with van der Waals surface area (Å²) in [5, 5.41) is 4.72. The molecule has 4 heteroatoms. The summed E-state index contributed by atoms with van der Waals surface area (Å²) in [6.07, 6.45) is 11.5. The van der Waals surface area contributed by atoms with E-state index in [1.54, 1.807) is 18.0 Å². The Hall–Kier alpha value is -3.66. The number of hydrogen-bond donors (Lipinski definition) is 1. The second-order valence-electron chi connectivity index (χ2n) is 6.62. The van der Waals surface area contributed by atoms with E-state index in [4.69, 9.17) is 5.10 Å². The van der Waals surface area contributed by atoms with Gasteiger partial charge in [-0.3, -0.25) is 15.1 Å². The van der Waals surface area contributed by atoms with Gasteiger partial charge in [0.05, 0.1) is 11.4 Å². The van der Waals surface area contributed by atoms with Crippen molar-refractivity contribution in [2.24, 2.45) is 11.0 Å². The Labute approximate surface area is 164 Å². The number of carbonyl (C=O) groups excluding carboxylic acids is 1. The molecule has 1 N–H and O–H groups in total. The van der Waals surface area contributed by atoms with Crippen molar-refractivity contribution in [1.82, 2.24) is 10.3 Å². The number of rotatable bonds is 2. The van der Waals surface area contributed by atoms with Crippen molar-refractivity contribution in [2.45, 2.75) is 6.92 Å². The summed E-state index contributed by atoms with van der Waals surface area (Å²) in [6.45, 7) is 1.55. The SMILES string of the molecule is CC(=O)N1C=CC=CC2C(c3ccccc3)=NNC(c3ccccc3)=C2C=C1. The number of carbonyl (C=O) groups is 1. The largest absolute Gasteiger partial charge is 0.295 e. The molecule has 0 aliphatic carbocycles. The fourth-order valence-electron chi connectivity index (χ4n) is 3.36. The molecule has 0 fully saturated rings. The van der Waals surface area contributed by atoms with Gasteiger partial charge in [-0.2, -0.15) is 5.10 Å². The lowest BCUT2D eigenvalue weighted by Crippen LogP contribution is -2.27. The predicted molar refractivity (Wildman–Crippen MR) is 113 cm³/mol. The third-order valence-corrected chi connectivity index (χ3v) is 4.78. The number of amides is 1. The molecule has 1 unspecified atom stereocenters. The molecule has 0 aromatic heterocycles. The van der Waals surface area contributed by atoms with Crippen LogP contribution in [0.15, 0.2) is 108 Å². The number of fused-ring (bicyclic) bond motifs is 1. The first kappa shape index (κ1) is 17.7. The van der Waals surface area contributed by atoms with Crippen molar-refractivity contribution in [2.75, 3.05) is 0 Å². The number of benzene rings is 2. The van der Waals surface area contributed by atoms with Gasteiger partial charge in [0.2, 0.25) is 5.91 Å². The molecule has 1 amide bonds. The molecule has 138 valence electrons. The summed E-state index contributed by atoms with van der Waals surface area (Å²) >= 11 is 0.